The summed E-state index contributed by atoms with van der Waals surface area (Å²) in [5.41, 5.74) is 0.271. The summed E-state index contributed by atoms with van der Waals surface area (Å²) < 4.78 is 34.7. The number of hydrogen-bond donors (Lipinski definition) is 2. The van der Waals surface area contributed by atoms with Gasteiger partial charge in [0.2, 0.25) is 5.43 Å². The Kier molecular flexibility index (Phi) is 3.21. The van der Waals surface area contributed by atoms with Gasteiger partial charge in [-0.2, -0.15) is 0 Å². The summed E-state index contributed by atoms with van der Waals surface area (Å²) in [6, 6.07) is 10.6. The highest BCUT2D eigenvalue weighted by molar-refractivity contribution is 6.05. The number of carbonyl (C=O) groups is 1. The molecule has 2 aromatic carbocycles. The quantitative estimate of drug-likeness (QED) is 0.749. The number of ether oxygens (including phenoxy) is 2. The molecule has 6 nitrogen and oxygen atoms in total. The summed E-state index contributed by atoms with van der Waals surface area (Å²) in [7, 11) is 0. The number of anilines is 1. The number of hydrogen-bond acceptors (Lipinski definition) is 4. The maximum Gasteiger partial charge on any atom is 0.586 e. The number of para-hydroxylation sites is 1. The van der Waals surface area contributed by atoms with E-state index >= 15 is 0 Å². The smallest absolute Gasteiger partial charge is 0.395 e. The van der Waals surface area contributed by atoms with Crippen LogP contribution in [0.4, 0.5) is 14.5 Å². The van der Waals surface area contributed by atoms with E-state index in [4.69, 9.17) is 0 Å². The highest BCUT2D eigenvalue weighted by Crippen LogP contribution is 2.42. The van der Waals surface area contributed by atoms with Crippen molar-refractivity contribution in [2.45, 2.75) is 6.29 Å². The number of rotatable bonds is 2. The third-order valence-electron chi connectivity index (χ3n) is 3.69. The van der Waals surface area contributed by atoms with E-state index in [-0.39, 0.29) is 22.7 Å². The van der Waals surface area contributed by atoms with E-state index in [1.165, 1.54) is 24.4 Å². The van der Waals surface area contributed by atoms with Gasteiger partial charge in [0.15, 0.2) is 11.5 Å². The molecule has 1 amide bonds. The van der Waals surface area contributed by atoms with Crippen molar-refractivity contribution in [2.75, 3.05) is 5.32 Å². The maximum absolute atomic E-state index is 13.0. The topological polar surface area (TPSA) is 80.4 Å². The molecule has 3 aromatic rings. The number of pyridine rings is 1. The number of aromatic amines is 1. The Morgan fingerprint density at radius 2 is 1.84 bits per heavy atom. The van der Waals surface area contributed by atoms with Crippen LogP contribution in [0.5, 0.6) is 11.5 Å². The van der Waals surface area contributed by atoms with Gasteiger partial charge in [0.05, 0.1) is 0 Å². The summed E-state index contributed by atoms with van der Waals surface area (Å²) in [6.07, 6.45) is -2.43. The summed E-state index contributed by atoms with van der Waals surface area (Å²) in [5.74, 6) is -1.00. The maximum atomic E-state index is 13.0. The molecule has 0 spiro atoms. The van der Waals surface area contributed by atoms with E-state index in [0.717, 1.165) is 0 Å². The summed E-state index contributed by atoms with van der Waals surface area (Å²) >= 11 is 0. The van der Waals surface area contributed by atoms with Crippen LogP contribution in [0, 0.1) is 0 Å². The summed E-state index contributed by atoms with van der Waals surface area (Å²) in [6.45, 7) is 0. The van der Waals surface area contributed by atoms with Gasteiger partial charge in [-0.05, 0) is 24.3 Å². The molecule has 0 fully saturated rings. The van der Waals surface area contributed by atoms with Crippen molar-refractivity contribution in [3.05, 3.63) is 64.4 Å². The molecule has 0 atom stereocenters. The molecule has 8 heteroatoms. The fourth-order valence-electron chi connectivity index (χ4n) is 2.56. The highest BCUT2D eigenvalue weighted by Gasteiger charge is 2.43. The number of halogens is 2. The van der Waals surface area contributed by atoms with Crippen LogP contribution >= 0.6 is 0 Å². The minimum atomic E-state index is -3.74. The van der Waals surface area contributed by atoms with Gasteiger partial charge in [-0.15, -0.1) is 8.78 Å². The number of benzene rings is 2. The number of alkyl halides is 2. The largest absolute Gasteiger partial charge is 0.586 e. The molecule has 4 rings (SSSR count). The molecule has 2 N–H and O–H groups in total. The van der Waals surface area contributed by atoms with Crippen LogP contribution in [0.2, 0.25) is 0 Å². The molecule has 2 heterocycles. The zero-order valence-electron chi connectivity index (χ0n) is 12.5. The van der Waals surface area contributed by atoms with Crippen LogP contribution in [0.1, 0.15) is 10.4 Å². The molecule has 1 aromatic heterocycles. The van der Waals surface area contributed by atoms with Gasteiger partial charge in [0.1, 0.15) is 5.56 Å². The second-order valence-electron chi connectivity index (χ2n) is 5.36. The minimum absolute atomic E-state index is 0.0957. The van der Waals surface area contributed by atoms with Gasteiger partial charge >= 0.3 is 6.29 Å². The summed E-state index contributed by atoms with van der Waals surface area (Å²) in [5, 5.41) is 2.86. The summed E-state index contributed by atoms with van der Waals surface area (Å²) in [4.78, 5) is 27.6. The monoisotopic (exact) mass is 344 g/mol. The lowest BCUT2D eigenvalue weighted by Gasteiger charge is -2.06. The lowest BCUT2D eigenvalue weighted by molar-refractivity contribution is -0.286. The first-order chi connectivity index (χ1) is 11.9. The fourth-order valence-corrected chi connectivity index (χ4v) is 2.56. The molecule has 126 valence electrons. The third-order valence-corrected chi connectivity index (χ3v) is 3.69. The Labute approximate surface area is 139 Å². The molecule has 0 aliphatic carbocycles. The van der Waals surface area contributed by atoms with Crippen LogP contribution in [-0.4, -0.2) is 17.2 Å². The SMILES string of the molecule is O=C(Nc1ccc2c(c1)OC(F)(F)O2)c1c[nH]c2ccccc2c1=O. The van der Waals surface area contributed by atoms with E-state index < -0.39 is 17.6 Å². The lowest BCUT2D eigenvalue weighted by atomic mass is 10.1. The van der Waals surface area contributed by atoms with Crippen molar-refractivity contribution in [1.29, 1.82) is 0 Å². The van der Waals surface area contributed by atoms with Crippen LogP contribution in [0.15, 0.2) is 53.5 Å². The Bertz CT molecular complexity index is 1060. The van der Waals surface area contributed by atoms with Gasteiger partial charge in [-0.1, -0.05) is 12.1 Å². The van der Waals surface area contributed by atoms with Gasteiger partial charge in [0, 0.05) is 28.9 Å². The van der Waals surface area contributed by atoms with Crippen molar-refractivity contribution in [3.63, 3.8) is 0 Å². The molecule has 0 saturated heterocycles. The van der Waals surface area contributed by atoms with Gasteiger partial charge in [0.25, 0.3) is 5.91 Å². The van der Waals surface area contributed by atoms with E-state index in [1.807, 2.05) is 0 Å². The molecule has 25 heavy (non-hydrogen) atoms. The van der Waals surface area contributed by atoms with Crippen molar-refractivity contribution in [2.24, 2.45) is 0 Å². The molecule has 1 aliphatic heterocycles. The molecule has 0 unspecified atom stereocenters. The second-order valence-corrected chi connectivity index (χ2v) is 5.36. The van der Waals surface area contributed by atoms with Crippen LogP contribution < -0.4 is 20.2 Å². The Balaban J connectivity index is 1.63. The highest BCUT2D eigenvalue weighted by atomic mass is 19.3. The second kappa shape index (κ2) is 5.30. The van der Waals surface area contributed by atoms with Crippen LogP contribution in [-0.2, 0) is 0 Å². The fraction of sp³-hybridized carbons (Fsp3) is 0.0588. The van der Waals surface area contributed by atoms with Crippen molar-refractivity contribution in [3.8, 4) is 11.5 Å². The number of amides is 1. The van der Waals surface area contributed by atoms with Crippen LogP contribution in [0.3, 0.4) is 0 Å². The Morgan fingerprint density at radius 3 is 2.68 bits per heavy atom. The zero-order valence-corrected chi connectivity index (χ0v) is 12.5. The minimum Gasteiger partial charge on any atom is -0.395 e. The van der Waals surface area contributed by atoms with Gasteiger partial charge in [-0.3, -0.25) is 9.59 Å². The number of carbonyl (C=O) groups excluding carboxylic acids is 1. The number of aromatic nitrogens is 1. The number of nitrogens with one attached hydrogen (secondary N) is 2. The molecular weight excluding hydrogens is 334 g/mol. The first kappa shape index (κ1) is 15.1. The average molecular weight is 344 g/mol. The Morgan fingerprint density at radius 1 is 1.08 bits per heavy atom. The van der Waals surface area contributed by atoms with E-state index in [0.29, 0.717) is 10.9 Å². The molecule has 0 bridgehead atoms. The number of H-pyrrole nitrogens is 1. The molecule has 1 aliphatic rings. The predicted octanol–water partition coefficient (Wildman–Crippen LogP) is 3.10. The Hall–Kier alpha value is -3.42. The molecule has 0 saturated carbocycles. The van der Waals surface area contributed by atoms with E-state index in [2.05, 4.69) is 19.8 Å². The van der Waals surface area contributed by atoms with Gasteiger partial charge < -0.3 is 19.8 Å². The van der Waals surface area contributed by atoms with E-state index in [1.54, 1.807) is 24.3 Å². The first-order valence-corrected chi connectivity index (χ1v) is 7.25. The average Bonchev–Trinajstić information content (AvgIpc) is 2.88. The molecule has 0 radical (unpaired) electrons. The standard InChI is InChI=1S/C17H10F2N2O4/c18-17(19)24-13-6-5-9(7-14(13)25-17)21-16(23)11-8-20-12-4-2-1-3-10(12)15(11)22/h1-8H,(H,20,22)(H,21,23). The van der Waals surface area contributed by atoms with Crippen LogP contribution in [0.25, 0.3) is 10.9 Å². The van der Waals surface area contributed by atoms with Crippen molar-refractivity contribution in [1.82, 2.24) is 4.98 Å². The normalized spacial score (nSPS) is 14.5. The first-order valence-electron chi connectivity index (χ1n) is 7.25. The van der Waals surface area contributed by atoms with Crippen molar-refractivity contribution < 1.29 is 23.0 Å². The number of fused-ring (bicyclic) bond motifs is 2. The third kappa shape index (κ3) is 2.67. The van der Waals surface area contributed by atoms with Gasteiger partial charge in [-0.25, -0.2) is 0 Å². The van der Waals surface area contributed by atoms with E-state index in [9.17, 15) is 18.4 Å². The molecular formula is C17H10F2N2O4. The zero-order chi connectivity index (χ0) is 17.6. The predicted molar refractivity (Wildman–Crippen MR) is 85.2 cm³/mol. The lowest BCUT2D eigenvalue weighted by Crippen LogP contribution is -2.25. The van der Waals surface area contributed by atoms with Crippen molar-refractivity contribution >= 4 is 22.5 Å².